The van der Waals surface area contributed by atoms with E-state index in [0.717, 1.165) is 0 Å². The molecule has 0 amide bonds. The molecule has 0 aliphatic carbocycles. The van der Waals surface area contributed by atoms with Gasteiger partial charge in [-0.05, 0) is 0 Å². The SMILES string of the molecule is COCCNCCOC(C(F)(F)F)C(F)(F)F. The second-order valence-electron chi connectivity index (χ2n) is 3.08. The summed E-state index contributed by atoms with van der Waals surface area (Å²) < 4.78 is 80.2. The molecule has 17 heavy (non-hydrogen) atoms. The van der Waals surface area contributed by atoms with Gasteiger partial charge < -0.3 is 14.8 Å². The molecule has 0 atom stereocenters. The Morgan fingerprint density at radius 3 is 1.82 bits per heavy atom. The Labute approximate surface area is 94.1 Å². The average Bonchev–Trinajstić information content (AvgIpc) is 2.12. The largest absolute Gasteiger partial charge is 0.423 e. The van der Waals surface area contributed by atoms with Crippen molar-refractivity contribution >= 4 is 0 Å². The third-order valence-corrected chi connectivity index (χ3v) is 1.64. The van der Waals surface area contributed by atoms with E-state index in [1.54, 1.807) is 0 Å². The van der Waals surface area contributed by atoms with Crippen molar-refractivity contribution < 1.29 is 35.8 Å². The van der Waals surface area contributed by atoms with Crippen molar-refractivity contribution in [1.82, 2.24) is 5.32 Å². The van der Waals surface area contributed by atoms with E-state index in [4.69, 9.17) is 0 Å². The molecule has 0 saturated carbocycles. The number of halogens is 6. The normalized spacial score (nSPS) is 13.4. The highest BCUT2D eigenvalue weighted by Crippen LogP contribution is 2.35. The Morgan fingerprint density at radius 1 is 0.941 bits per heavy atom. The third-order valence-electron chi connectivity index (χ3n) is 1.64. The lowest BCUT2D eigenvalue weighted by Gasteiger charge is -2.23. The molecule has 0 spiro atoms. The van der Waals surface area contributed by atoms with Crippen molar-refractivity contribution in [2.45, 2.75) is 18.5 Å². The molecule has 0 fully saturated rings. The molecule has 0 heterocycles. The number of hydrogen-bond acceptors (Lipinski definition) is 3. The molecule has 0 unspecified atom stereocenters. The minimum atomic E-state index is -5.45. The Bertz CT molecular complexity index is 191. The molecule has 0 aliphatic rings. The number of ether oxygens (including phenoxy) is 2. The van der Waals surface area contributed by atoms with Crippen LogP contribution in [0.3, 0.4) is 0 Å². The molecule has 0 aliphatic heterocycles. The molecule has 1 N–H and O–H groups in total. The van der Waals surface area contributed by atoms with E-state index < -0.39 is 25.1 Å². The highest BCUT2D eigenvalue weighted by Gasteiger charge is 2.57. The summed E-state index contributed by atoms with van der Waals surface area (Å²) in [6.45, 7) is -0.177. The highest BCUT2D eigenvalue weighted by molar-refractivity contribution is 4.76. The first-order chi connectivity index (χ1) is 7.69. The van der Waals surface area contributed by atoms with Gasteiger partial charge in [-0.3, -0.25) is 0 Å². The number of hydrogen-bond donors (Lipinski definition) is 1. The third kappa shape index (κ3) is 7.40. The Balaban J connectivity index is 3.95. The Morgan fingerprint density at radius 2 is 1.41 bits per heavy atom. The number of alkyl halides is 6. The molecule has 0 radical (unpaired) electrons. The smallest absolute Gasteiger partial charge is 0.383 e. The maximum Gasteiger partial charge on any atom is 0.423 e. The van der Waals surface area contributed by atoms with Crippen LogP contribution in [-0.4, -0.2) is 51.9 Å². The highest BCUT2D eigenvalue weighted by atomic mass is 19.4. The van der Waals surface area contributed by atoms with E-state index in [9.17, 15) is 26.3 Å². The van der Waals surface area contributed by atoms with E-state index in [-0.39, 0.29) is 6.54 Å². The summed E-state index contributed by atoms with van der Waals surface area (Å²) in [5, 5.41) is 2.56. The molecule has 104 valence electrons. The van der Waals surface area contributed by atoms with Crippen molar-refractivity contribution in [3.63, 3.8) is 0 Å². The Kier molecular flexibility index (Phi) is 6.80. The van der Waals surface area contributed by atoms with Crippen LogP contribution in [0.2, 0.25) is 0 Å². The van der Waals surface area contributed by atoms with Gasteiger partial charge >= 0.3 is 12.4 Å². The topological polar surface area (TPSA) is 30.5 Å². The van der Waals surface area contributed by atoms with Gasteiger partial charge in [0.25, 0.3) is 0 Å². The zero-order valence-corrected chi connectivity index (χ0v) is 8.99. The van der Waals surface area contributed by atoms with Gasteiger partial charge in [-0.25, -0.2) is 0 Å². The lowest BCUT2D eigenvalue weighted by Crippen LogP contribution is -2.45. The van der Waals surface area contributed by atoms with Crippen molar-refractivity contribution in [3.05, 3.63) is 0 Å². The van der Waals surface area contributed by atoms with Gasteiger partial charge in [0, 0.05) is 20.2 Å². The summed E-state index contributed by atoms with van der Waals surface area (Å²) in [6, 6.07) is 0. The minimum absolute atomic E-state index is 0.119. The molecular weight excluding hydrogens is 256 g/mol. The second-order valence-corrected chi connectivity index (χ2v) is 3.08. The van der Waals surface area contributed by atoms with E-state index >= 15 is 0 Å². The van der Waals surface area contributed by atoms with Gasteiger partial charge in [-0.2, -0.15) is 26.3 Å². The fraction of sp³-hybridized carbons (Fsp3) is 1.00. The van der Waals surface area contributed by atoms with Crippen molar-refractivity contribution in [3.8, 4) is 0 Å². The first-order valence-corrected chi connectivity index (χ1v) is 4.64. The van der Waals surface area contributed by atoms with E-state index in [2.05, 4.69) is 14.8 Å². The van der Waals surface area contributed by atoms with E-state index in [0.29, 0.717) is 13.2 Å². The maximum absolute atomic E-state index is 12.0. The van der Waals surface area contributed by atoms with Gasteiger partial charge in [0.15, 0.2) is 0 Å². The molecule has 0 aromatic rings. The van der Waals surface area contributed by atoms with Crippen molar-refractivity contribution in [2.24, 2.45) is 0 Å². The summed E-state index contributed by atoms with van der Waals surface area (Å²) in [4.78, 5) is 0. The predicted molar refractivity (Wildman–Crippen MR) is 46.6 cm³/mol. The summed E-state index contributed by atoms with van der Waals surface area (Å²) in [7, 11) is 1.42. The summed E-state index contributed by atoms with van der Waals surface area (Å²) in [5.41, 5.74) is 0. The van der Waals surface area contributed by atoms with Gasteiger partial charge in [0.2, 0.25) is 6.10 Å². The maximum atomic E-state index is 12.0. The number of rotatable bonds is 7. The lowest BCUT2D eigenvalue weighted by molar-refractivity contribution is -0.321. The monoisotopic (exact) mass is 269 g/mol. The van der Waals surface area contributed by atoms with Crippen LogP contribution in [0, 0.1) is 0 Å². The molecule has 0 saturated heterocycles. The van der Waals surface area contributed by atoms with Crippen LogP contribution in [-0.2, 0) is 9.47 Å². The lowest BCUT2D eigenvalue weighted by atomic mass is 10.3. The molecule has 0 aromatic heterocycles. The first kappa shape index (κ1) is 16.5. The van der Waals surface area contributed by atoms with Crippen LogP contribution in [0.25, 0.3) is 0 Å². The number of nitrogens with one attached hydrogen (secondary N) is 1. The predicted octanol–water partition coefficient (Wildman–Crippen LogP) is 1.73. The van der Waals surface area contributed by atoms with Crippen LogP contribution >= 0.6 is 0 Å². The average molecular weight is 269 g/mol. The quantitative estimate of drug-likeness (QED) is 0.564. The summed E-state index contributed by atoms with van der Waals surface area (Å²) in [5.74, 6) is 0. The van der Waals surface area contributed by atoms with E-state index in [1.165, 1.54) is 7.11 Å². The second kappa shape index (κ2) is 7.02. The van der Waals surface area contributed by atoms with Crippen LogP contribution in [0.5, 0.6) is 0 Å². The van der Waals surface area contributed by atoms with Crippen LogP contribution < -0.4 is 5.32 Å². The minimum Gasteiger partial charge on any atom is -0.383 e. The van der Waals surface area contributed by atoms with Crippen molar-refractivity contribution in [2.75, 3.05) is 33.4 Å². The Hall–Kier alpha value is -0.540. The molecule has 0 aromatic carbocycles. The molecule has 0 rings (SSSR count). The fourth-order valence-electron chi connectivity index (χ4n) is 0.923. The van der Waals surface area contributed by atoms with Gasteiger partial charge in [-0.1, -0.05) is 0 Å². The number of methoxy groups -OCH3 is 1. The zero-order valence-electron chi connectivity index (χ0n) is 8.99. The van der Waals surface area contributed by atoms with Gasteiger partial charge in [0.05, 0.1) is 13.2 Å². The zero-order chi connectivity index (χ0) is 13.5. The van der Waals surface area contributed by atoms with Crippen LogP contribution in [0.1, 0.15) is 0 Å². The molecule has 3 nitrogen and oxygen atoms in total. The first-order valence-electron chi connectivity index (χ1n) is 4.64. The summed E-state index contributed by atoms with van der Waals surface area (Å²) >= 11 is 0. The van der Waals surface area contributed by atoms with E-state index in [1.807, 2.05) is 0 Å². The standard InChI is InChI=1S/C8H13F6NO2/c1-16-4-2-15-3-5-17-6(7(9,10)11)8(12,13)14/h6,15H,2-5H2,1H3. The van der Waals surface area contributed by atoms with Gasteiger partial charge in [-0.15, -0.1) is 0 Å². The molecular formula is C8H13F6NO2. The molecule has 0 bridgehead atoms. The van der Waals surface area contributed by atoms with Crippen LogP contribution in [0.4, 0.5) is 26.3 Å². The van der Waals surface area contributed by atoms with Crippen LogP contribution in [0.15, 0.2) is 0 Å². The van der Waals surface area contributed by atoms with Gasteiger partial charge in [0.1, 0.15) is 0 Å². The summed E-state index contributed by atoms with van der Waals surface area (Å²) in [6.07, 6.45) is -14.6. The molecule has 9 heteroatoms. The van der Waals surface area contributed by atoms with Crippen molar-refractivity contribution in [1.29, 1.82) is 0 Å². The fourth-order valence-corrected chi connectivity index (χ4v) is 0.923.